The molecule has 0 amide bonds. The first-order valence-electron chi connectivity index (χ1n) is 8.07. The molecule has 0 aliphatic carbocycles. The summed E-state index contributed by atoms with van der Waals surface area (Å²) in [6.45, 7) is 1.35. The van der Waals surface area contributed by atoms with Crippen LogP contribution in [-0.2, 0) is 21.8 Å². The van der Waals surface area contributed by atoms with Crippen molar-refractivity contribution in [2.24, 2.45) is 7.05 Å². The van der Waals surface area contributed by atoms with E-state index >= 15 is 0 Å². The Kier molecular flexibility index (Phi) is 5.38. The van der Waals surface area contributed by atoms with E-state index in [2.05, 4.69) is 5.32 Å². The molecule has 0 spiro atoms. The van der Waals surface area contributed by atoms with Crippen LogP contribution >= 0.6 is 11.6 Å². The van der Waals surface area contributed by atoms with Crippen molar-refractivity contribution >= 4 is 27.6 Å². The zero-order valence-electron chi connectivity index (χ0n) is 14.5. The topological polar surface area (TPSA) is 80.6 Å². The summed E-state index contributed by atoms with van der Waals surface area (Å²) in [5.74, 6) is -0.583. The lowest BCUT2D eigenvalue weighted by atomic mass is 10.1. The van der Waals surface area contributed by atoms with Gasteiger partial charge in [-0.1, -0.05) is 23.7 Å². The molecule has 9 heteroatoms. The summed E-state index contributed by atoms with van der Waals surface area (Å²) in [5, 5.41) is 3.78. The summed E-state index contributed by atoms with van der Waals surface area (Å²) in [5.41, 5.74) is 0.998. The fraction of sp³-hybridized carbons (Fsp3) is 0.353. The Balaban J connectivity index is 2.00. The summed E-state index contributed by atoms with van der Waals surface area (Å²) in [4.78, 5) is 11.9. The van der Waals surface area contributed by atoms with E-state index in [1.807, 2.05) is 6.07 Å². The van der Waals surface area contributed by atoms with Crippen LogP contribution in [0.4, 0.5) is 0 Å². The number of sulfonamides is 1. The van der Waals surface area contributed by atoms with Crippen LogP contribution < -0.4 is 5.32 Å². The van der Waals surface area contributed by atoms with Gasteiger partial charge in [0.15, 0.2) is 0 Å². The number of carbonyl (C=O) groups is 1. The van der Waals surface area contributed by atoms with Gasteiger partial charge in [-0.3, -0.25) is 0 Å². The number of carbonyl (C=O) groups excluding carboxylic acids is 1. The standard InChI is InChI=1S/C17H20ClN3O4S/c1-20-11-14(9-15(20)17(22)25-2)26(23,24)21-7-6-19-10-16(21)12-4-3-5-13(18)8-12/h3-5,8-9,11,16,19H,6-7,10H2,1-2H3. The molecule has 3 rings (SSSR count). The van der Waals surface area contributed by atoms with Crippen LogP contribution in [0.2, 0.25) is 5.02 Å². The van der Waals surface area contributed by atoms with E-state index in [4.69, 9.17) is 16.3 Å². The van der Waals surface area contributed by atoms with Crippen molar-refractivity contribution in [3.05, 3.63) is 52.8 Å². The van der Waals surface area contributed by atoms with Crippen LogP contribution in [-0.4, -0.2) is 50.0 Å². The number of ether oxygens (including phenoxy) is 1. The van der Waals surface area contributed by atoms with Gasteiger partial charge in [0.2, 0.25) is 10.0 Å². The molecule has 26 heavy (non-hydrogen) atoms. The lowest BCUT2D eigenvalue weighted by Gasteiger charge is -2.35. The van der Waals surface area contributed by atoms with E-state index in [9.17, 15) is 13.2 Å². The number of nitrogens with zero attached hydrogens (tertiary/aromatic N) is 2. The number of hydrogen-bond acceptors (Lipinski definition) is 5. The number of hydrogen-bond donors (Lipinski definition) is 1. The van der Waals surface area contributed by atoms with Crippen LogP contribution in [0.5, 0.6) is 0 Å². The van der Waals surface area contributed by atoms with Gasteiger partial charge in [0.05, 0.1) is 13.2 Å². The predicted molar refractivity (Wildman–Crippen MR) is 97.7 cm³/mol. The molecule has 0 radical (unpaired) electrons. The highest BCUT2D eigenvalue weighted by molar-refractivity contribution is 7.89. The van der Waals surface area contributed by atoms with Gasteiger partial charge in [-0.15, -0.1) is 0 Å². The van der Waals surface area contributed by atoms with Crippen molar-refractivity contribution in [3.63, 3.8) is 0 Å². The molecule has 1 N–H and O–H groups in total. The number of benzene rings is 1. The fourth-order valence-electron chi connectivity index (χ4n) is 3.09. The minimum atomic E-state index is -3.79. The average molecular weight is 398 g/mol. The van der Waals surface area contributed by atoms with Gasteiger partial charge in [0.1, 0.15) is 10.6 Å². The van der Waals surface area contributed by atoms with E-state index in [0.29, 0.717) is 24.7 Å². The maximum Gasteiger partial charge on any atom is 0.354 e. The third kappa shape index (κ3) is 3.50. The minimum absolute atomic E-state index is 0.0642. The van der Waals surface area contributed by atoms with Crippen molar-refractivity contribution < 1.29 is 17.9 Å². The second-order valence-corrected chi connectivity index (χ2v) is 8.38. The summed E-state index contributed by atoms with van der Waals surface area (Å²) in [6.07, 6.45) is 1.43. The first kappa shape index (κ1) is 18.9. The largest absolute Gasteiger partial charge is 0.464 e. The Hall–Kier alpha value is -1.87. The van der Waals surface area contributed by atoms with Crippen LogP contribution in [0.25, 0.3) is 0 Å². The Morgan fingerprint density at radius 3 is 2.81 bits per heavy atom. The van der Waals surface area contributed by atoms with Crippen molar-refractivity contribution in [1.29, 1.82) is 0 Å². The summed E-state index contributed by atoms with van der Waals surface area (Å²) < 4.78 is 34.1. The Bertz CT molecular complexity index is 926. The first-order valence-corrected chi connectivity index (χ1v) is 9.89. The molecule has 1 atom stereocenters. The number of aryl methyl sites for hydroxylation is 1. The van der Waals surface area contributed by atoms with Crippen LogP contribution in [0.15, 0.2) is 41.4 Å². The third-order valence-corrected chi connectivity index (χ3v) is 6.52. The van der Waals surface area contributed by atoms with Crippen LogP contribution in [0, 0.1) is 0 Å². The number of aromatic nitrogens is 1. The van der Waals surface area contributed by atoms with Crippen LogP contribution in [0.3, 0.4) is 0 Å². The third-order valence-electron chi connectivity index (χ3n) is 4.41. The number of rotatable bonds is 4. The molecular weight excluding hydrogens is 378 g/mol. The van der Waals surface area contributed by atoms with E-state index in [1.54, 1.807) is 25.2 Å². The molecule has 1 aliphatic heterocycles. The van der Waals surface area contributed by atoms with E-state index in [0.717, 1.165) is 5.56 Å². The Morgan fingerprint density at radius 1 is 1.35 bits per heavy atom. The molecule has 1 aromatic heterocycles. The van der Waals surface area contributed by atoms with Crippen LogP contribution in [0.1, 0.15) is 22.1 Å². The minimum Gasteiger partial charge on any atom is -0.464 e. The molecule has 7 nitrogen and oxygen atoms in total. The van der Waals surface area contributed by atoms with Gasteiger partial charge >= 0.3 is 5.97 Å². The summed E-state index contributed by atoms with van der Waals surface area (Å²) in [7, 11) is -0.926. The quantitative estimate of drug-likeness (QED) is 0.796. The highest BCUT2D eigenvalue weighted by atomic mass is 35.5. The van der Waals surface area contributed by atoms with Gasteiger partial charge in [-0.25, -0.2) is 13.2 Å². The average Bonchev–Trinajstić information content (AvgIpc) is 3.03. The van der Waals surface area contributed by atoms with E-state index in [-0.39, 0.29) is 16.6 Å². The molecule has 0 saturated carbocycles. The molecule has 1 aromatic carbocycles. The molecule has 2 aromatic rings. The Labute approximate surface area is 157 Å². The van der Waals surface area contributed by atoms with Crippen molar-refractivity contribution in [3.8, 4) is 0 Å². The zero-order chi connectivity index (χ0) is 18.9. The molecule has 140 valence electrons. The highest BCUT2D eigenvalue weighted by Gasteiger charge is 2.35. The first-order chi connectivity index (χ1) is 12.3. The maximum atomic E-state index is 13.2. The van der Waals surface area contributed by atoms with Gasteiger partial charge in [-0.2, -0.15) is 4.31 Å². The molecule has 2 heterocycles. The van der Waals surface area contributed by atoms with Gasteiger partial charge in [0, 0.05) is 37.9 Å². The lowest BCUT2D eigenvalue weighted by molar-refractivity contribution is 0.0590. The van der Waals surface area contributed by atoms with Crippen molar-refractivity contribution in [1.82, 2.24) is 14.2 Å². The summed E-state index contributed by atoms with van der Waals surface area (Å²) >= 11 is 6.07. The molecule has 1 aliphatic rings. The molecular formula is C17H20ClN3O4S. The monoisotopic (exact) mass is 397 g/mol. The van der Waals surface area contributed by atoms with Gasteiger partial charge < -0.3 is 14.6 Å². The molecule has 1 fully saturated rings. The van der Waals surface area contributed by atoms with E-state index in [1.165, 1.54) is 28.2 Å². The second kappa shape index (κ2) is 7.40. The predicted octanol–water partition coefficient (Wildman–Crippen LogP) is 1.80. The van der Waals surface area contributed by atoms with E-state index < -0.39 is 16.0 Å². The number of methoxy groups -OCH3 is 1. The second-order valence-electron chi connectivity index (χ2n) is 6.05. The number of piperazine rings is 1. The van der Waals surface area contributed by atoms with Gasteiger partial charge in [-0.05, 0) is 23.8 Å². The zero-order valence-corrected chi connectivity index (χ0v) is 16.0. The van der Waals surface area contributed by atoms with Crippen molar-refractivity contribution in [2.45, 2.75) is 10.9 Å². The smallest absolute Gasteiger partial charge is 0.354 e. The fourth-order valence-corrected chi connectivity index (χ4v) is 4.97. The number of esters is 1. The number of nitrogens with one attached hydrogen (secondary N) is 1. The number of halogens is 1. The summed E-state index contributed by atoms with van der Waals surface area (Å²) in [6, 6.07) is 8.14. The SMILES string of the molecule is COC(=O)c1cc(S(=O)(=O)N2CCNCC2c2cccc(Cl)c2)cn1C. The maximum absolute atomic E-state index is 13.2. The Morgan fingerprint density at radius 2 is 2.12 bits per heavy atom. The molecule has 0 bridgehead atoms. The highest BCUT2D eigenvalue weighted by Crippen LogP contribution is 2.30. The van der Waals surface area contributed by atoms with Crippen molar-refractivity contribution in [2.75, 3.05) is 26.7 Å². The lowest BCUT2D eigenvalue weighted by Crippen LogP contribution is -2.48. The molecule has 1 unspecified atom stereocenters. The normalized spacial score (nSPS) is 18.7. The molecule has 1 saturated heterocycles. The van der Waals surface area contributed by atoms with Gasteiger partial charge in [0.25, 0.3) is 0 Å².